The maximum absolute atomic E-state index is 12.7. The van der Waals surface area contributed by atoms with Crippen LogP contribution in [0.4, 0.5) is 13.2 Å². The van der Waals surface area contributed by atoms with Crippen LogP contribution >= 0.6 is 0 Å². The van der Waals surface area contributed by atoms with Crippen molar-refractivity contribution in [3.8, 4) is 16.9 Å². The Morgan fingerprint density at radius 3 is 2.52 bits per heavy atom. The number of aromatic nitrogens is 1. The molecule has 2 rings (SSSR count). The normalized spacial score (nSPS) is 11.7. The van der Waals surface area contributed by atoms with E-state index < -0.39 is 12.3 Å². The molecule has 0 unspecified atom stereocenters. The van der Waals surface area contributed by atoms with Crippen molar-refractivity contribution < 1.29 is 27.4 Å². The van der Waals surface area contributed by atoms with Crippen molar-refractivity contribution in [2.75, 3.05) is 13.2 Å². The molecule has 0 radical (unpaired) electrons. The monoisotopic (exact) mass is 440 g/mol. The summed E-state index contributed by atoms with van der Waals surface area (Å²) in [5.41, 5.74) is 8.74. The van der Waals surface area contributed by atoms with Gasteiger partial charge in [0, 0.05) is 36.7 Å². The molecule has 1 aromatic heterocycles. The Hall–Kier alpha value is -2.48. The van der Waals surface area contributed by atoms with Gasteiger partial charge in [-0.1, -0.05) is 31.9 Å². The molecule has 8 heteroatoms. The van der Waals surface area contributed by atoms with Gasteiger partial charge in [0.15, 0.2) is 0 Å². The number of halogens is 3. The zero-order valence-electron chi connectivity index (χ0n) is 18.3. The summed E-state index contributed by atoms with van der Waals surface area (Å²) in [5, 5.41) is 0. The highest BCUT2D eigenvalue weighted by molar-refractivity contribution is 6.02. The number of hydrogen-bond donors (Lipinski definition) is 1. The van der Waals surface area contributed by atoms with Gasteiger partial charge >= 0.3 is 6.36 Å². The summed E-state index contributed by atoms with van der Waals surface area (Å²) in [6, 6.07) is 5.71. The third kappa shape index (κ3) is 6.75. The largest absolute Gasteiger partial charge is 0.573 e. The van der Waals surface area contributed by atoms with Gasteiger partial charge in [-0.25, -0.2) is 0 Å². The van der Waals surface area contributed by atoms with E-state index in [1.807, 2.05) is 13.8 Å². The first-order valence-electron chi connectivity index (χ1n) is 10.6. The van der Waals surface area contributed by atoms with Gasteiger partial charge in [0.05, 0.1) is 5.56 Å². The number of rotatable bonds is 12. The maximum atomic E-state index is 12.7. The fraction of sp³-hybridized carbons (Fsp3) is 0.522. The van der Waals surface area contributed by atoms with Gasteiger partial charge in [-0.05, 0) is 50.8 Å². The lowest BCUT2D eigenvalue weighted by molar-refractivity contribution is -0.274. The average Bonchev–Trinajstić information content (AvgIpc) is 2.96. The third-order valence-corrected chi connectivity index (χ3v) is 5.13. The van der Waals surface area contributed by atoms with Crippen LogP contribution in [0.5, 0.6) is 5.75 Å². The molecule has 0 aliphatic rings. The number of alkyl halides is 3. The minimum absolute atomic E-state index is 0.332. The van der Waals surface area contributed by atoms with Crippen molar-refractivity contribution in [2.24, 2.45) is 5.73 Å². The molecule has 1 amide bonds. The summed E-state index contributed by atoms with van der Waals surface area (Å²) in [5.74, 6) is -0.934. The molecule has 0 fully saturated rings. The number of nitrogens with two attached hydrogens (primary N) is 1. The van der Waals surface area contributed by atoms with Crippen LogP contribution in [-0.2, 0) is 17.7 Å². The second kappa shape index (κ2) is 11.2. The summed E-state index contributed by atoms with van der Waals surface area (Å²) < 4.78 is 49.8. The van der Waals surface area contributed by atoms with E-state index in [0.29, 0.717) is 48.6 Å². The summed E-state index contributed by atoms with van der Waals surface area (Å²) in [6.45, 7) is 7.68. The summed E-state index contributed by atoms with van der Waals surface area (Å²) >= 11 is 0. The molecule has 0 atom stereocenters. The van der Waals surface area contributed by atoms with E-state index in [1.165, 1.54) is 18.2 Å². The quantitative estimate of drug-likeness (QED) is 0.436. The Morgan fingerprint density at radius 2 is 1.90 bits per heavy atom. The number of ether oxygens (including phenoxy) is 2. The zero-order valence-corrected chi connectivity index (χ0v) is 18.3. The predicted octanol–water partition coefficient (Wildman–Crippen LogP) is 5.62. The molecular weight excluding hydrogens is 409 g/mol. The van der Waals surface area contributed by atoms with Crippen LogP contribution in [0.3, 0.4) is 0 Å². The molecule has 5 nitrogen and oxygen atoms in total. The van der Waals surface area contributed by atoms with Crippen LogP contribution in [0.25, 0.3) is 11.1 Å². The lowest BCUT2D eigenvalue weighted by Gasteiger charge is -2.14. The van der Waals surface area contributed by atoms with Gasteiger partial charge in [-0.2, -0.15) is 0 Å². The SMILES string of the molecule is CCCCCc1c(-c2cccc(OC(F)(F)F)c2)c(C(N)=O)c(C)n1CCCOCC. The highest BCUT2D eigenvalue weighted by Gasteiger charge is 2.31. The third-order valence-electron chi connectivity index (χ3n) is 5.13. The smallest absolute Gasteiger partial charge is 0.406 e. The van der Waals surface area contributed by atoms with Crippen LogP contribution in [0.1, 0.15) is 61.3 Å². The molecule has 1 aromatic carbocycles. The summed E-state index contributed by atoms with van der Waals surface area (Å²) in [6.07, 6.45) is -0.427. The molecule has 0 aliphatic heterocycles. The zero-order chi connectivity index (χ0) is 23.0. The molecule has 0 aliphatic carbocycles. The number of unbranched alkanes of at least 4 members (excludes halogenated alkanes) is 2. The molecule has 0 saturated heterocycles. The van der Waals surface area contributed by atoms with Gasteiger partial charge in [0.2, 0.25) is 0 Å². The van der Waals surface area contributed by atoms with E-state index in [-0.39, 0.29) is 5.75 Å². The Kier molecular flexibility index (Phi) is 8.98. The Labute approximate surface area is 181 Å². The summed E-state index contributed by atoms with van der Waals surface area (Å²) in [7, 11) is 0. The van der Waals surface area contributed by atoms with Crippen LogP contribution in [0, 0.1) is 6.92 Å². The Balaban J connectivity index is 2.57. The molecule has 1 heterocycles. The van der Waals surface area contributed by atoms with E-state index in [4.69, 9.17) is 10.5 Å². The topological polar surface area (TPSA) is 66.5 Å². The molecule has 31 heavy (non-hydrogen) atoms. The number of amides is 1. The number of primary amides is 1. The van der Waals surface area contributed by atoms with Gasteiger partial charge in [0.1, 0.15) is 5.75 Å². The van der Waals surface area contributed by atoms with Gasteiger partial charge in [-0.3, -0.25) is 4.79 Å². The standard InChI is InChI=1S/C23H31F3N2O3/c1-4-6-7-12-19-21(17-10-8-11-18(15-17)31-23(24,25)26)20(22(27)29)16(3)28(19)13-9-14-30-5-2/h8,10-11,15H,4-7,9,12-14H2,1-3H3,(H2,27,29). The lowest BCUT2D eigenvalue weighted by Crippen LogP contribution is -2.17. The fourth-order valence-corrected chi connectivity index (χ4v) is 3.83. The molecule has 0 bridgehead atoms. The van der Waals surface area contributed by atoms with Gasteiger partial charge < -0.3 is 19.8 Å². The number of nitrogens with zero attached hydrogens (tertiary/aromatic N) is 1. The van der Waals surface area contributed by atoms with E-state index in [9.17, 15) is 18.0 Å². The van der Waals surface area contributed by atoms with Crippen molar-refractivity contribution in [1.29, 1.82) is 0 Å². The average molecular weight is 441 g/mol. The van der Waals surface area contributed by atoms with Crippen LogP contribution in [-0.4, -0.2) is 30.1 Å². The first-order chi connectivity index (χ1) is 14.7. The van der Waals surface area contributed by atoms with E-state index in [0.717, 1.165) is 31.4 Å². The van der Waals surface area contributed by atoms with Crippen LogP contribution in [0.15, 0.2) is 24.3 Å². The summed E-state index contributed by atoms with van der Waals surface area (Å²) in [4.78, 5) is 12.4. The van der Waals surface area contributed by atoms with Gasteiger partial charge in [-0.15, -0.1) is 13.2 Å². The second-order valence-electron chi connectivity index (χ2n) is 7.38. The minimum Gasteiger partial charge on any atom is -0.406 e. The number of carbonyl (C=O) groups is 1. The van der Waals surface area contributed by atoms with Crippen molar-refractivity contribution in [3.63, 3.8) is 0 Å². The molecule has 2 N–H and O–H groups in total. The molecule has 0 spiro atoms. The minimum atomic E-state index is -4.80. The molecule has 172 valence electrons. The predicted molar refractivity (Wildman–Crippen MR) is 114 cm³/mol. The van der Waals surface area contributed by atoms with Crippen molar-refractivity contribution >= 4 is 5.91 Å². The lowest BCUT2D eigenvalue weighted by atomic mass is 9.97. The van der Waals surface area contributed by atoms with E-state index >= 15 is 0 Å². The van der Waals surface area contributed by atoms with Crippen LogP contribution in [0.2, 0.25) is 0 Å². The van der Waals surface area contributed by atoms with Crippen LogP contribution < -0.4 is 10.5 Å². The highest BCUT2D eigenvalue weighted by Crippen LogP contribution is 2.36. The van der Waals surface area contributed by atoms with Crippen molar-refractivity contribution in [2.45, 2.75) is 65.8 Å². The molecule has 2 aromatic rings. The Bertz CT molecular complexity index is 876. The van der Waals surface area contributed by atoms with Crippen molar-refractivity contribution in [1.82, 2.24) is 4.57 Å². The number of hydrogen-bond acceptors (Lipinski definition) is 3. The first kappa shape index (κ1) is 24.8. The van der Waals surface area contributed by atoms with E-state index in [2.05, 4.69) is 16.2 Å². The van der Waals surface area contributed by atoms with Gasteiger partial charge in [0.25, 0.3) is 5.91 Å². The fourth-order valence-electron chi connectivity index (χ4n) is 3.83. The van der Waals surface area contributed by atoms with Crippen molar-refractivity contribution in [3.05, 3.63) is 41.2 Å². The Morgan fingerprint density at radius 1 is 1.16 bits per heavy atom. The molecule has 0 saturated carbocycles. The van der Waals surface area contributed by atoms with E-state index in [1.54, 1.807) is 6.07 Å². The molecular formula is C23H31F3N2O3. The first-order valence-corrected chi connectivity index (χ1v) is 10.6. The number of benzene rings is 1. The highest BCUT2D eigenvalue weighted by atomic mass is 19.4. The number of carbonyl (C=O) groups excluding carboxylic acids is 1. The second-order valence-corrected chi connectivity index (χ2v) is 7.38. The maximum Gasteiger partial charge on any atom is 0.573 e.